The van der Waals surface area contributed by atoms with Gasteiger partial charge in [0.05, 0.1) is 0 Å². The first-order valence-corrected chi connectivity index (χ1v) is 8.84. The normalized spacial score (nSPS) is 29.2. The van der Waals surface area contributed by atoms with E-state index in [-0.39, 0.29) is 0 Å². The zero-order valence-electron chi connectivity index (χ0n) is 13.6. The second-order valence-electron chi connectivity index (χ2n) is 7.02. The van der Waals surface area contributed by atoms with Crippen LogP contribution in [0.15, 0.2) is 24.3 Å². The van der Waals surface area contributed by atoms with E-state index in [0.717, 1.165) is 24.4 Å². The van der Waals surface area contributed by atoms with E-state index in [0.29, 0.717) is 0 Å². The molecular formula is C19H30N2. The lowest BCUT2D eigenvalue weighted by molar-refractivity contribution is 0.217. The van der Waals surface area contributed by atoms with Gasteiger partial charge in [0.1, 0.15) is 0 Å². The molecule has 3 rings (SSSR count). The molecule has 0 radical (unpaired) electrons. The van der Waals surface area contributed by atoms with Gasteiger partial charge in [0.15, 0.2) is 0 Å². The van der Waals surface area contributed by atoms with Gasteiger partial charge in [0.2, 0.25) is 0 Å². The van der Waals surface area contributed by atoms with E-state index >= 15 is 0 Å². The molecule has 0 aromatic heterocycles. The number of para-hydroxylation sites is 1. The Bertz CT molecular complexity index is 457. The van der Waals surface area contributed by atoms with Crippen LogP contribution in [-0.2, 0) is 6.42 Å². The van der Waals surface area contributed by atoms with Crippen LogP contribution < -0.4 is 10.2 Å². The lowest BCUT2D eigenvalue weighted by atomic mass is 9.78. The molecule has 3 unspecified atom stereocenters. The summed E-state index contributed by atoms with van der Waals surface area (Å²) in [5.41, 5.74) is 3.05. The maximum atomic E-state index is 3.74. The van der Waals surface area contributed by atoms with Crippen molar-refractivity contribution in [1.82, 2.24) is 5.32 Å². The molecule has 2 nitrogen and oxygen atoms in total. The van der Waals surface area contributed by atoms with E-state index in [4.69, 9.17) is 0 Å². The Morgan fingerprint density at radius 1 is 1.24 bits per heavy atom. The van der Waals surface area contributed by atoms with Gasteiger partial charge in [-0.1, -0.05) is 32.0 Å². The summed E-state index contributed by atoms with van der Waals surface area (Å²) >= 11 is 0. The summed E-state index contributed by atoms with van der Waals surface area (Å²) in [5, 5.41) is 3.74. The molecule has 21 heavy (non-hydrogen) atoms. The maximum absolute atomic E-state index is 3.74. The lowest BCUT2D eigenvalue weighted by Crippen LogP contribution is -2.46. The molecule has 0 bridgehead atoms. The van der Waals surface area contributed by atoms with Gasteiger partial charge in [0.25, 0.3) is 0 Å². The topological polar surface area (TPSA) is 15.3 Å². The predicted molar refractivity (Wildman–Crippen MR) is 90.9 cm³/mol. The Morgan fingerprint density at radius 3 is 2.95 bits per heavy atom. The first-order chi connectivity index (χ1) is 10.3. The molecule has 0 spiro atoms. The van der Waals surface area contributed by atoms with Crippen molar-refractivity contribution in [3.63, 3.8) is 0 Å². The highest BCUT2D eigenvalue weighted by Crippen LogP contribution is 2.33. The molecule has 1 saturated carbocycles. The third-order valence-electron chi connectivity index (χ3n) is 5.37. The van der Waals surface area contributed by atoms with Gasteiger partial charge in [-0.2, -0.15) is 0 Å². The van der Waals surface area contributed by atoms with Gasteiger partial charge in [0, 0.05) is 24.8 Å². The van der Waals surface area contributed by atoms with E-state index in [1.54, 1.807) is 5.56 Å². The largest absolute Gasteiger partial charge is 0.371 e. The molecule has 1 heterocycles. The van der Waals surface area contributed by atoms with Crippen LogP contribution in [-0.4, -0.2) is 25.7 Å². The second-order valence-corrected chi connectivity index (χ2v) is 7.02. The second kappa shape index (κ2) is 6.83. The van der Waals surface area contributed by atoms with Crippen molar-refractivity contribution in [3.05, 3.63) is 29.8 Å². The highest BCUT2D eigenvalue weighted by Gasteiger charge is 2.30. The van der Waals surface area contributed by atoms with Crippen LogP contribution in [0.25, 0.3) is 0 Å². The van der Waals surface area contributed by atoms with Crippen LogP contribution >= 0.6 is 0 Å². The van der Waals surface area contributed by atoms with Crippen LogP contribution in [0.2, 0.25) is 0 Å². The minimum absolute atomic E-state index is 0.722. The number of rotatable bonds is 4. The average molecular weight is 286 g/mol. The fourth-order valence-corrected chi connectivity index (χ4v) is 4.32. The molecular weight excluding hydrogens is 256 g/mol. The summed E-state index contributed by atoms with van der Waals surface area (Å²) in [6.45, 7) is 8.25. The molecule has 1 N–H and O–H groups in total. The number of nitrogens with one attached hydrogen (secondary N) is 1. The van der Waals surface area contributed by atoms with Crippen molar-refractivity contribution < 1.29 is 0 Å². The standard InChI is InChI=1S/C19H30N2/c1-3-20-18-11-10-15(2)13-17(18)14-21-12-6-8-16-7-4-5-9-19(16)21/h4-5,7,9,15,17-18,20H,3,6,8,10-14H2,1-2H3. The molecule has 1 fully saturated rings. The molecule has 1 aromatic rings. The minimum atomic E-state index is 0.722. The van der Waals surface area contributed by atoms with E-state index < -0.39 is 0 Å². The molecule has 116 valence electrons. The van der Waals surface area contributed by atoms with E-state index in [1.165, 1.54) is 50.9 Å². The van der Waals surface area contributed by atoms with Gasteiger partial charge in [-0.05, 0) is 62.1 Å². The molecule has 2 heteroatoms. The van der Waals surface area contributed by atoms with Gasteiger partial charge in [-0.25, -0.2) is 0 Å². The van der Waals surface area contributed by atoms with Crippen molar-refractivity contribution in [3.8, 4) is 0 Å². The summed E-state index contributed by atoms with van der Waals surface area (Å²) in [6, 6.07) is 9.74. The van der Waals surface area contributed by atoms with Crippen LogP contribution in [0.1, 0.15) is 45.1 Å². The van der Waals surface area contributed by atoms with E-state index in [9.17, 15) is 0 Å². The van der Waals surface area contributed by atoms with E-state index in [2.05, 4.69) is 48.3 Å². The molecule has 1 aliphatic heterocycles. The fourth-order valence-electron chi connectivity index (χ4n) is 4.32. The Labute approximate surface area is 129 Å². The Kier molecular flexibility index (Phi) is 4.84. The number of fused-ring (bicyclic) bond motifs is 1. The summed E-state index contributed by atoms with van der Waals surface area (Å²) < 4.78 is 0. The number of benzene rings is 1. The maximum Gasteiger partial charge on any atom is 0.0398 e. The van der Waals surface area contributed by atoms with Crippen molar-refractivity contribution in [2.45, 2.75) is 52.0 Å². The van der Waals surface area contributed by atoms with Crippen molar-refractivity contribution in [1.29, 1.82) is 0 Å². The highest BCUT2D eigenvalue weighted by atomic mass is 15.1. The summed E-state index contributed by atoms with van der Waals surface area (Å²) in [6.07, 6.45) is 6.70. The average Bonchev–Trinajstić information content (AvgIpc) is 2.50. The van der Waals surface area contributed by atoms with Gasteiger partial charge < -0.3 is 10.2 Å². The summed E-state index contributed by atoms with van der Waals surface area (Å²) in [4.78, 5) is 2.66. The van der Waals surface area contributed by atoms with Gasteiger partial charge >= 0.3 is 0 Å². The van der Waals surface area contributed by atoms with Gasteiger partial charge in [-0.15, -0.1) is 0 Å². The first kappa shape index (κ1) is 14.9. The monoisotopic (exact) mass is 286 g/mol. The van der Waals surface area contributed by atoms with Crippen LogP contribution in [0.3, 0.4) is 0 Å². The molecule has 0 amide bonds. The van der Waals surface area contributed by atoms with Crippen LogP contribution in [0.5, 0.6) is 0 Å². The number of hydrogen-bond donors (Lipinski definition) is 1. The fraction of sp³-hybridized carbons (Fsp3) is 0.684. The molecule has 0 saturated heterocycles. The van der Waals surface area contributed by atoms with Crippen molar-refractivity contribution in [2.75, 3.05) is 24.5 Å². The Hall–Kier alpha value is -1.02. The third kappa shape index (κ3) is 3.42. The molecule has 3 atom stereocenters. The molecule has 1 aromatic carbocycles. The molecule has 1 aliphatic carbocycles. The quantitative estimate of drug-likeness (QED) is 0.904. The van der Waals surface area contributed by atoms with Crippen LogP contribution in [0, 0.1) is 11.8 Å². The number of aryl methyl sites for hydroxylation is 1. The zero-order valence-corrected chi connectivity index (χ0v) is 13.6. The SMILES string of the molecule is CCNC1CCC(C)CC1CN1CCCc2ccccc21. The highest BCUT2D eigenvalue weighted by molar-refractivity contribution is 5.55. The predicted octanol–water partition coefficient (Wildman–Crippen LogP) is 3.85. The van der Waals surface area contributed by atoms with Gasteiger partial charge in [-0.3, -0.25) is 0 Å². The summed E-state index contributed by atoms with van der Waals surface area (Å²) in [7, 11) is 0. The lowest BCUT2D eigenvalue weighted by Gasteiger charge is -2.41. The number of nitrogens with zero attached hydrogens (tertiary/aromatic N) is 1. The van der Waals surface area contributed by atoms with Crippen molar-refractivity contribution in [2.24, 2.45) is 11.8 Å². The zero-order chi connectivity index (χ0) is 14.7. The summed E-state index contributed by atoms with van der Waals surface area (Å²) in [5.74, 6) is 1.70. The minimum Gasteiger partial charge on any atom is -0.371 e. The van der Waals surface area contributed by atoms with Crippen molar-refractivity contribution >= 4 is 5.69 Å². The number of anilines is 1. The smallest absolute Gasteiger partial charge is 0.0398 e. The third-order valence-corrected chi connectivity index (χ3v) is 5.37. The Morgan fingerprint density at radius 2 is 2.10 bits per heavy atom. The Balaban J connectivity index is 1.72. The first-order valence-electron chi connectivity index (χ1n) is 8.84. The molecule has 2 aliphatic rings. The van der Waals surface area contributed by atoms with E-state index in [1.807, 2.05) is 0 Å². The number of hydrogen-bond acceptors (Lipinski definition) is 2. The van der Waals surface area contributed by atoms with Crippen LogP contribution in [0.4, 0.5) is 5.69 Å².